The lowest BCUT2D eigenvalue weighted by atomic mass is 9.91. The molecule has 1 aliphatic carbocycles. The highest BCUT2D eigenvalue weighted by molar-refractivity contribution is 5.03. The van der Waals surface area contributed by atoms with Gasteiger partial charge >= 0.3 is 0 Å². The fraction of sp³-hybridized carbons (Fsp3) is 0.583. The Morgan fingerprint density at radius 2 is 2.20 bits per heavy atom. The molecular formula is C12H19N3. The molecular weight excluding hydrogens is 186 g/mol. The molecule has 1 heterocycles. The van der Waals surface area contributed by atoms with Gasteiger partial charge in [0.25, 0.3) is 0 Å². The van der Waals surface area contributed by atoms with Gasteiger partial charge in [-0.1, -0.05) is 18.9 Å². The van der Waals surface area contributed by atoms with E-state index < -0.39 is 0 Å². The lowest BCUT2D eigenvalue weighted by Crippen LogP contribution is -2.46. The molecule has 15 heavy (non-hydrogen) atoms. The van der Waals surface area contributed by atoms with Crippen molar-refractivity contribution < 1.29 is 0 Å². The number of nitrogens with zero attached hydrogens (tertiary/aromatic N) is 1. The van der Waals surface area contributed by atoms with Crippen molar-refractivity contribution in [2.45, 2.75) is 44.3 Å². The normalized spacial score (nSPS) is 26.5. The largest absolute Gasteiger partial charge is 0.326 e. The molecule has 1 aromatic rings. The van der Waals surface area contributed by atoms with Gasteiger partial charge in [-0.25, -0.2) is 0 Å². The van der Waals surface area contributed by atoms with Gasteiger partial charge in [0.15, 0.2) is 0 Å². The molecule has 2 atom stereocenters. The first-order chi connectivity index (χ1) is 7.36. The smallest absolute Gasteiger partial charge is 0.0541 e. The number of aromatic nitrogens is 1. The first-order valence-electron chi connectivity index (χ1n) is 5.75. The van der Waals surface area contributed by atoms with Crippen LogP contribution < -0.4 is 11.1 Å². The summed E-state index contributed by atoms with van der Waals surface area (Å²) in [5.74, 6) is 0. The number of hydrogen-bond acceptors (Lipinski definition) is 3. The number of hydrogen-bond donors (Lipinski definition) is 2. The monoisotopic (exact) mass is 205 g/mol. The van der Waals surface area contributed by atoms with Gasteiger partial charge in [-0.2, -0.15) is 0 Å². The molecule has 0 spiro atoms. The summed E-state index contributed by atoms with van der Waals surface area (Å²) in [5.41, 5.74) is 7.15. The van der Waals surface area contributed by atoms with Gasteiger partial charge in [-0.3, -0.25) is 4.98 Å². The van der Waals surface area contributed by atoms with Crippen LogP contribution in [0.4, 0.5) is 0 Å². The first kappa shape index (κ1) is 10.6. The average Bonchev–Trinajstić information content (AvgIpc) is 2.29. The molecule has 0 saturated heterocycles. The molecule has 2 rings (SSSR count). The Balaban J connectivity index is 1.82. The molecule has 1 saturated carbocycles. The van der Waals surface area contributed by atoms with Crippen LogP contribution in [0.5, 0.6) is 0 Å². The van der Waals surface area contributed by atoms with Gasteiger partial charge in [0, 0.05) is 24.8 Å². The van der Waals surface area contributed by atoms with Crippen LogP contribution in [0.25, 0.3) is 0 Å². The predicted octanol–water partition coefficient (Wildman–Crippen LogP) is 1.44. The molecule has 0 amide bonds. The fourth-order valence-corrected chi connectivity index (χ4v) is 2.15. The summed E-state index contributed by atoms with van der Waals surface area (Å²) in [5, 5.41) is 3.50. The van der Waals surface area contributed by atoms with E-state index in [4.69, 9.17) is 5.73 Å². The minimum Gasteiger partial charge on any atom is -0.326 e. The van der Waals surface area contributed by atoms with Gasteiger partial charge in [0.1, 0.15) is 0 Å². The maximum absolute atomic E-state index is 6.06. The van der Waals surface area contributed by atoms with E-state index in [0.29, 0.717) is 12.1 Å². The van der Waals surface area contributed by atoms with Crippen LogP contribution in [0, 0.1) is 0 Å². The maximum Gasteiger partial charge on any atom is 0.0541 e. The predicted molar refractivity (Wildman–Crippen MR) is 61.3 cm³/mol. The summed E-state index contributed by atoms with van der Waals surface area (Å²) in [6.45, 7) is 0.833. The number of nitrogens with two attached hydrogens (primary N) is 1. The lowest BCUT2D eigenvalue weighted by Gasteiger charge is -2.29. The third-order valence-corrected chi connectivity index (χ3v) is 3.09. The number of nitrogens with one attached hydrogen (secondary N) is 1. The number of rotatable bonds is 3. The third-order valence-electron chi connectivity index (χ3n) is 3.09. The highest BCUT2D eigenvalue weighted by atomic mass is 15.0. The van der Waals surface area contributed by atoms with E-state index in [9.17, 15) is 0 Å². The molecule has 1 aromatic heterocycles. The molecule has 0 radical (unpaired) electrons. The van der Waals surface area contributed by atoms with Crippen molar-refractivity contribution in [3.8, 4) is 0 Å². The van der Waals surface area contributed by atoms with Crippen molar-refractivity contribution in [1.29, 1.82) is 0 Å². The summed E-state index contributed by atoms with van der Waals surface area (Å²) < 4.78 is 0. The summed E-state index contributed by atoms with van der Waals surface area (Å²) in [7, 11) is 0. The van der Waals surface area contributed by atoms with E-state index in [1.165, 1.54) is 19.3 Å². The van der Waals surface area contributed by atoms with Crippen molar-refractivity contribution >= 4 is 0 Å². The molecule has 3 heteroatoms. The Labute approximate surface area is 91.1 Å². The van der Waals surface area contributed by atoms with E-state index >= 15 is 0 Å². The Hall–Kier alpha value is -0.930. The van der Waals surface area contributed by atoms with Crippen molar-refractivity contribution in [3.05, 3.63) is 30.1 Å². The zero-order chi connectivity index (χ0) is 10.5. The first-order valence-corrected chi connectivity index (χ1v) is 5.75. The van der Waals surface area contributed by atoms with E-state index in [1.54, 1.807) is 0 Å². The zero-order valence-electron chi connectivity index (χ0n) is 9.02. The Morgan fingerprint density at radius 3 is 2.93 bits per heavy atom. The Morgan fingerprint density at radius 1 is 1.33 bits per heavy atom. The van der Waals surface area contributed by atoms with Crippen LogP contribution in [-0.4, -0.2) is 17.1 Å². The summed E-state index contributed by atoms with van der Waals surface area (Å²) >= 11 is 0. The molecule has 3 N–H and O–H groups in total. The Bertz CT molecular complexity index is 286. The van der Waals surface area contributed by atoms with Gasteiger partial charge in [0.05, 0.1) is 5.69 Å². The average molecular weight is 205 g/mol. The molecule has 1 fully saturated rings. The fourth-order valence-electron chi connectivity index (χ4n) is 2.15. The topological polar surface area (TPSA) is 50.9 Å². The molecule has 1 aliphatic rings. The van der Waals surface area contributed by atoms with Crippen molar-refractivity contribution in [2.75, 3.05) is 0 Å². The van der Waals surface area contributed by atoms with E-state index in [2.05, 4.69) is 10.3 Å². The highest BCUT2D eigenvalue weighted by Crippen LogP contribution is 2.17. The van der Waals surface area contributed by atoms with Crippen LogP contribution in [0.15, 0.2) is 24.4 Å². The summed E-state index contributed by atoms with van der Waals surface area (Å²) in [4.78, 5) is 4.28. The van der Waals surface area contributed by atoms with Crippen molar-refractivity contribution in [3.63, 3.8) is 0 Å². The second kappa shape index (κ2) is 5.24. The van der Waals surface area contributed by atoms with Gasteiger partial charge in [-0.15, -0.1) is 0 Å². The molecule has 82 valence electrons. The van der Waals surface area contributed by atoms with Crippen LogP contribution in [-0.2, 0) is 6.54 Å². The standard InChI is InChI=1S/C12H19N3/c13-11-6-1-2-7-12(11)15-9-10-5-3-4-8-14-10/h3-5,8,11-12,15H,1-2,6-7,9,13H2/t11-,12+/m0/s1. The van der Waals surface area contributed by atoms with Crippen LogP contribution in [0.1, 0.15) is 31.4 Å². The zero-order valence-corrected chi connectivity index (χ0v) is 9.02. The second-order valence-electron chi connectivity index (χ2n) is 4.26. The van der Waals surface area contributed by atoms with Crippen molar-refractivity contribution in [1.82, 2.24) is 10.3 Å². The minimum atomic E-state index is 0.322. The molecule has 0 aliphatic heterocycles. The third kappa shape index (κ3) is 3.01. The highest BCUT2D eigenvalue weighted by Gasteiger charge is 2.20. The van der Waals surface area contributed by atoms with Gasteiger partial charge < -0.3 is 11.1 Å². The van der Waals surface area contributed by atoms with Gasteiger partial charge in [-0.05, 0) is 25.0 Å². The second-order valence-corrected chi connectivity index (χ2v) is 4.26. The minimum absolute atomic E-state index is 0.322. The van der Waals surface area contributed by atoms with Crippen LogP contribution in [0.3, 0.4) is 0 Å². The van der Waals surface area contributed by atoms with Crippen molar-refractivity contribution in [2.24, 2.45) is 5.73 Å². The van der Waals surface area contributed by atoms with E-state index in [-0.39, 0.29) is 0 Å². The Kier molecular flexibility index (Phi) is 3.69. The number of pyridine rings is 1. The maximum atomic E-state index is 6.06. The molecule has 3 nitrogen and oxygen atoms in total. The van der Waals surface area contributed by atoms with Crippen LogP contribution in [0.2, 0.25) is 0 Å². The SMILES string of the molecule is N[C@H]1CCCC[C@H]1NCc1ccccn1. The van der Waals surface area contributed by atoms with Gasteiger partial charge in [0.2, 0.25) is 0 Å². The quantitative estimate of drug-likeness (QED) is 0.785. The summed E-state index contributed by atoms with van der Waals surface area (Å²) in [6, 6.07) is 6.80. The van der Waals surface area contributed by atoms with Crippen LogP contribution >= 0.6 is 0 Å². The van der Waals surface area contributed by atoms with E-state index in [0.717, 1.165) is 18.7 Å². The molecule has 0 aromatic carbocycles. The molecule has 0 unspecified atom stereocenters. The summed E-state index contributed by atoms with van der Waals surface area (Å²) in [6.07, 6.45) is 6.77. The lowest BCUT2D eigenvalue weighted by molar-refractivity contribution is 0.325. The van der Waals surface area contributed by atoms with E-state index in [1.807, 2.05) is 24.4 Å². The molecule has 0 bridgehead atoms.